The maximum absolute atomic E-state index is 2.17. The first kappa shape index (κ1) is 7.01. The minimum absolute atomic E-state index is 1.34. The van der Waals surface area contributed by atoms with Crippen molar-refractivity contribution in [3.8, 4) is 0 Å². The van der Waals surface area contributed by atoms with E-state index in [1.165, 1.54) is 14.9 Å². The van der Waals surface area contributed by atoms with Crippen LogP contribution < -0.4 is 4.12 Å². The van der Waals surface area contributed by atoms with Crippen LogP contribution in [0.3, 0.4) is 0 Å². The minimum atomic E-state index is 1.34. The first-order valence-electron chi connectivity index (χ1n) is 3.61. The average molecular weight is 197 g/mol. The molecule has 0 aliphatic carbocycles. The first-order chi connectivity index (χ1) is 5.38. The van der Waals surface area contributed by atoms with Crippen molar-refractivity contribution in [2.24, 2.45) is 0 Å². The van der Waals surface area contributed by atoms with E-state index in [2.05, 4.69) is 42.5 Å². The Morgan fingerprint density at radius 2 is 1.55 bits per heavy atom. The molecule has 1 heteroatoms. The molecule has 0 unspecified atom stereocenters. The van der Waals surface area contributed by atoms with Gasteiger partial charge in [0, 0.05) is 0 Å². The van der Waals surface area contributed by atoms with E-state index in [0.29, 0.717) is 0 Å². The Hall–Kier alpha value is -0.664. The summed E-state index contributed by atoms with van der Waals surface area (Å²) in [7, 11) is 0. The Morgan fingerprint density at radius 1 is 0.818 bits per heavy atom. The van der Waals surface area contributed by atoms with Crippen LogP contribution >= 0.6 is 0 Å². The fourth-order valence-electron chi connectivity index (χ4n) is 1.25. The molecule has 0 N–H and O–H groups in total. The van der Waals surface area contributed by atoms with Gasteiger partial charge < -0.3 is 0 Å². The SMILES string of the molecule is [Ga][c]1cccc2ccccc12. The van der Waals surface area contributed by atoms with E-state index >= 15 is 0 Å². The van der Waals surface area contributed by atoms with Crippen LogP contribution in [-0.2, 0) is 0 Å². The molecule has 0 bridgehead atoms. The van der Waals surface area contributed by atoms with Crippen molar-refractivity contribution in [2.45, 2.75) is 0 Å². The molecule has 0 heterocycles. The molecule has 0 saturated carbocycles. The third kappa shape index (κ3) is 1.22. The second kappa shape index (κ2) is 2.76. The summed E-state index contributed by atoms with van der Waals surface area (Å²) in [6.45, 7) is 0. The van der Waals surface area contributed by atoms with Gasteiger partial charge in [0.05, 0.1) is 0 Å². The van der Waals surface area contributed by atoms with Gasteiger partial charge in [0.2, 0.25) is 0 Å². The summed E-state index contributed by atoms with van der Waals surface area (Å²) >= 11 is 1.69. The Bertz CT molecular complexity index is 374. The van der Waals surface area contributed by atoms with Crippen molar-refractivity contribution in [3.05, 3.63) is 42.5 Å². The summed E-state index contributed by atoms with van der Waals surface area (Å²) in [5, 5.41) is 2.73. The van der Waals surface area contributed by atoms with Crippen LogP contribution in [0.1, 0.15) is 0 Å². The van der Waals surface area contributed by atoms with Gasteiger partial charge in [-0.2, -0.15) is 0 Å². The van der Waals surface area contributed by atoms with Crippen LogP contribution in [0.2, 0.25) is 0 Å². The van der Waals surface area contributed by atoms with Crippen molar-refractivity contribution in [1.29, 1.82) is 0 Å². The normalized spacial score (nSPS) is 10.2. The number of fused-ring (bicyclic) bond motifs is 1. The Labute approximate surface area is 76.2 Å². The van der Waals surface area contributed by atoms with Gasteiger partial charge in [0.15, 0.2) is 0 Å². The molecule has 2 aromatic carbocycles. The second-order valence-electron chi connectivity index (χ2n) is 2.57. The summed E-state index contributed by atoms with van der Waals surface area (Å²) in [6.07, 6.45) is 0. The molecular weight excluding hydrogens is 190 g/mol. The summed E-state index contributed by atoms with van der Waals surface area (Å²) in [5.41, 5.74) is 0. The fourth-order valence-corrected chi connectivity index (χ4v) is 2.04. The number of hydrogen-bond donors (Lipinski definition) is 0. The van der Waals surface area contributed by atoms with E-state index in [1.54, 1.807) is 18.6 Å². The molecule has 0 saturated heterocycles. The Morgan fingerprint density at radius 3 is 2.36 bits per heavy atom. The first-order valence-corrected chi connectivity index (χ1v) is 4.82. The second-order valence-corrected chi connectivity index (χ2v) is 3.87. The van der Waals surface area contributed by atoms with Crippen molar-refractivity contribution >= 4 is 33.5 Å². The summed E-state index contributed by atoms with van der Waals surface area (Å²) in [4.78, 5) is 0. The topological polar surface area (TPSA) is 0 Å². The van der Waals surface area contributed by atoms with E-state index in [0.717, 1.165) is 0 Å². The van der Waals surface area contributed by atoms with Crippen LogP contribution in [0.4, 0.5) is 0 Å². The van der Waals surface area contributed by atoms with Crippen molar-refractivity contribution in [1.82, 2.24) is 0 Å². The Balaban J connectivity index is 2.91. The van der Waals surface area contributed by atoms with Crippen LogP contribution in [0, 0.1) is 0 Å². The van der Waals surface area contributed by atoms with Gasteiger partial charge in [0.25, 0.3) is 0 Å². The van der Waals surface area contributed by atoms with Gasteiger partial charge in [0.1, 0.15) is 0 Å². The zero-order valence-corrected chi connectivity index (χ0v) is 8.54. The maximum atomic E-state index is 2.17. The van der Waals surface area contributed by atoms with Gasteiger partial charge in [-0.3, -0.25) is 0 Å². The van der Waals surface area contributed by atoms with E-state index in [9.17, 15) is 0 Å². The molecular formula is C10H7Ga. The monoisotopic (exact) mass is 196 g/mol. The molecule has 0 aliphatic heterocycles. The van der Waals surface area contributed by atoms with Crippen molar-refractivity contribution in [3.63, 3.8) is 0 Å². The molecule has 0 fully saturated rings. The van der Waals surface area contributed by atoms with E-state index in [1.807, 2.05) is 0 Å². The molecule has 2 radical (unpaired) electrons. The third-order valence-electron chi connectivity index (χ3n) is 1.82. The quantitative estimate of drug-likeness (QED) is 0.563. The number of benzene rings is 2. The van der Waals surface area contributed by atoms with Crippen LogP contribution in [0.5, 0.6) is 0 Å². The fraction of sp³-hybridized carbons (Fsp3) is 0. The van der Waals surface area contributed by atoms with Crippen LogP contribution in [0.15, 0.2) is 42.5 Å². The van der Waals surface area contributed by atoms with Crippen molar-refractivity contribution < 1.29 is 0 Å². The molecule has 2 rings (SSSR count). The molecule has 0 nitrogen and oxygen atoms in total. The van der Waals surface area contributed by atoms with Gasteiger partial charge in [-0.05, 0) is 0 Å². The molecule has 0 aliphatic rings. The summed E-state index contributed by atoms with van der Waals surface area (Å²) < 4.78 is 1.41. The molecule has 50 valence electrons. The molecule has 0 atom stereocenters. The molecule has 2 aromatic rings. The van der Waals surface area contributed by atoms with Crippen LogP contribution in [0.25, 0.3) is 10.8 Å². The molecule has 0 amide bonds. The van der Waals surface area contributed by atoms with Gasteiger partial charge in [-0.15, -0.1) is 0 Å². The van der Waals surface area contributed by atoms with E-state index in [-0.39, 0.29) is 0 Å². The predicted octanol–water partition coefficient (Wildman–Crippen LogP) is 1.63. The average Bonchev–Trinajstić information content (AvgIpc) is 2.06. The molecule has 11 heavy (non-hydrogen) atoms. The van der Waals surface area contributed by atoms with E-state index < -0.39 is 0 Å². The Kier molecular flexibility index (Phi) is 1.76. The van der Waals surface area contributed by atoms with Gasteiger partial charge in [-0.1, -0.05) is 0 Å². The summed E-state index contributed by atoms with van der Waals surface area (Å²) in [5.74, 6) is 0. The molecule has 0 aromatic heterocycles. The number of rotatable bonds is 0. The van der Waals surface area contributed by atoms with Crippen LogP contribution in [-0.4, -0.2) is 18.6 Å². The number of hydrogen-bond acceptors (Lipinski definition) is 0. The predicted molar refractivity (Wildman–Crippen MR) is 49.3 cm³/mol. The van der Waals surface area contributed by atoms with Gasteiger partial charge in [-0.25, -0.2) is 0 Å². The molecule has 0 spiro atoms. The van der Waals surface area contributed by atoms with Gasteiger partial charge >= 0.3 is 76.0 Å². The zero-order valence-electron chi connectivity index (χ0n) is 6.12. The van der Waals surface area contributed by atoms with Crippen molar-refractivity contribution in [2.75, 3.05) is 0 Å². The zero-order chi connectivity index (χ0) is 7.68. The van der Waals surface area contributed by atoms with E-state index in [4.69, 9.17) is 0 Å². The third-order valence-corrected chi connectivity index (χ3v) is 2.88. The summed E-state index contributed by atoms with van der Waals surface area (Å²) in [6, 6.07) is 14.9. The standard InChI is InChI=1S/C10H7.Ga/c1-2-6-10-8-4-3-7-9(10)5-1;/h1-7H;.